The number of carbonyl (C=O) groups excluding carboxylic acids is 3. The summed E-state index contributed by atoms with van der Waals surface area (Å²) in [5.74, 6) is -0.131. The lowest BCUT2D eigenvalue weighted by molar-refractivity contribution is -0.155. The third kappa shape index (κ3) is 11.4. The Morgan fingerprint density at radius 2 is 1.28 bits per heavy atom. The van der Waals surface area contributed by atoms with Gasteiger partial charge in [0.15, 0.2) is 0 Å². The van der Waals surface area contributed by atoms with E-state index in [1.165, 1.54) is 4.90 Å². The van der Waals surface area contributed by atoms with Gasteiger partial charge in [-0.2, -0.15) is 0 Å². The molecule has 0 unspecified atom stereocenters. The second-order valence-corrected chi connectivity index (χ2v) is 12.1. The monoisotopic (exact) mass is 641 g/mol. The minimum Gasteiger partial charge on any atom is -0.460 e. The Bertz CT molecular complexity index is 1230. The molecule has 4 rings (SSSR count). The van der Waals surface area contributed by atoms with E-state index in [0.717, 1.165) is 32.7 Å². The lowest BCUT2D eigenvalue weighted by atomic mass is 10.1. The summed E-state index contributed by atoms with van der Waals surface area (Å²) in [7, 11) is 0. The van der Waals surface area contributed by atoms with Crippen molar-refractivity contribution in [3.63, 3.8) is 0 Å². The Kier molecular flexibility index (Phi) is 13.8. The van der Waals surface area contributed by atoms with Gasteiger partial charge in [-0.15, -0.1) is 0 Å². The van der Waals surface area contributed by atoms with E-state index < -0.39 is 5.60 Å². The molecule has 0 bridgehead atoms. The molecule has 252 valence electrons. The van der Waals surface area contributed by atoms with E-state index in [-0.39, 0.29) is 24.3 Å². The van der Waals surface area contributed by atoms with Crippen LogP contribution in [0, 0.1) is 0 Å². The van der Waals surface area contributed by atoms with Crippen LogP contribution >= 0.6 is 0 Å². The van der Waals surface area contributed by atoms with E-state index in [1.807, 2.05) is 20.8 Å². The summed E-state index contributed by atoms with van der Waals surface area (Å²) >= 11 is 0. The zero-order valence-electron chi connectivity index (χ0n) is 27.3. The van der Waals surface area contributed by atoms with Crippen molar-refractivity contribution in [2.24, 2.45) is 0 Å². The molecule has 0 saturated carbocycles. The maximum atomic E-state index is 12.6. The number of ether oxygens (including phenoxy) is 5. The van der Waals surface area contributed by atoms with Gasteiger partial charge in [0.25, 0.3) is 11.8 Å². The second kappa shape index (κ2) is 18.0. The normalized spacial score (nSPS) is 15.5. The minimum absolute atomic E-state index is 0.148. The number of rotatable bonds is 19. The highest BCUT2D eigenvalue weighted by Gasteiger charge is 2.35. The van der Waals surface area contributed by atoms with Gasteiger partial charge < -0.3 is 28.6 Å². The Hall–Kier alpha value is -3.49. The van der Waals surface area contributed by atoms with Crippen LogP contribution in [0.5, 0.6) is 0 Å². The van der Waals surface area contributed by atoms with E-state index in [0.29, 0.717) is 88.3 Å². The van der Waals surface area contributed by atoms with Crippen molar-refractivity contribution in [3.8, 4) is 0 Å². The first kappa shape index (κ1) is 35.4. The number of imide groups is 1. The van der Waals surface area contributed by atoms with Crippen molar-refractivity contribution in [3.05, 3.63) is 53.3 Å². The van der Waals surface area contributed by atoms with Crippen LogP contribution < -0.4 is 4.90 Å². The molecule has 2 aliphatic rings. The van der Waals surface area contributed by atoms with Gasteiger partial charge in [-0.3, -0.25) is 24.2 Å². The van der Waals surface area contributed by atoms with Crippen molar-refractivity contribution in [2.45, 2.75) is 45.8 Å². The van der Waals surface area contributed by atoms with Crippen LogP contribution in [0.4, 0.5) is 5.95 Å². The predicted octanol–water partition coefficient (Wildman–Crippen LogP) is 2.58. The third-order valence-corrected chi connectivity index (χ3v) is 7.32. The molecule has 1 aromatic carbocycles. The molecule has 3 heterocycles. The quantitative estimate of drug-likeness (QED) is 0.127. The Morgan fingerprint density at radius 1 is 0.761 bits per heavy atom. The SMILES string of the molecule is CC(C)(C)OC(=O)CCCOCCOCCOCCOCCN1CCN(c2ncc(CN3C(=O)c4ccccc4C3=O)cn2)CC1. The van der Waals surface area contributed by atoms with Crippen molar-refractivity contribution in [1.29, 1.82) is 0 Å². The molecule has 0 aliphatic carbocycles. The molecule has 2 aliphatic heterocycles. The highest BCUT2D eigenvalue weighted by atomic mass is 16.6. The third-order valence-electron chi connectivity index (χ3n) is 7.32. The predicted molar refractivity (Wildman–Crippen MR) is 170 cm³/mol. The first-order chi connectivity index (χ1) is 22.2. The van der Waals surface area contributed by atoms with Crippen LogP contribution in [0.25, 0.3) is 0 Å². The van der Waals surface area contributed by atoms with Crippen LogP contribution in [0.1, 0.15) is 59.9 Å². The second-order valence-electron chi connectivity index (χ2n) is 12.1. The first-order valence-corrected chi connectivity index (χ1v) is 16.0. The maximum Gasteiger partial charge on any atom is 0.306 e. The number of amides is 2. The number of carbonyl (C=O) groups is 3. The van der Waals surface area contributed by atoms with Crippen LogP contribution in [0.3, 0.4) is 0 Å². The van der Waals surface area contributed by atoms with E-state index >= 15 is 0 Å². The molecule has 2 aromatic rings. The van der Waals surface area contributed by atoms with Gasteiger partial charge in [-0.05, 0) is 39.3 Å². The number of hydrogen-bond acceptors (Lipinski definition) is 12. The van der Waals surface area contributed by atoms with Gasteiger partial charge in [0.05, 0.1) is 63.9 Å². The number of benzene rings is 1. The van der Waals surface area contributed by atoms with E-state index in [9.17, 15) is 14.4 Å². The lowest BCUT2D eigenvalue weighted by Gasteiger charge is -2.34. The molecule has 1 fully saturated rings. The highest BCUT2D eigenvalue weighted by Crippen LogP contribution is 2.24. The Labute approximate surface area is 271 Å². The van der Waals surface area contributed by atoms with Crippen molar-refractivity contribution in [2.75, 3.05) is 90.5 Å². The number of piperazine rings is 1. The first-order valence-electron chi connectivity index (χ1n) is 16.0. The molecule has 2 amide bonds. The topological polar surface area (TPSA) is 133 Å². The lowest BCUT2D eigenvalue weighted by Crippen LogP contribution is -2.48. The minimum atomic E-state index is -0.453. The van der Waals surface area contributed by atoms with Crippen molar-refractivity contribution in [1.82, 2.24) is 19.8 Å². The largest absolute Gasteiger partial charge is 0.460 e. The van der Waals surface area contributed by atoms with Gasteiger partial charge in [0.1, 0.15) is 5.60 Å². The van der Waals surface area contributed by atoms with Crippen molar-refractivity contribution < 1.29 is 38.1 Å². The number of hydrogen-bond donors (Lipinski definition) is 0. The molecule has 13 nitrogen and oxygen atoms in total. The van der Waals surface area contributed by atoms with Crippen LogP contribution in [0.15, 0.2) is 36.7 Å². The van der Waals surface area contributed by atoms with Gasteiger partial charge >= 0.3 is 5.97 Å². The molecule has 0 spiro atoms. The van der Waals surface area contributed by atoms with E-state index in [1.54, 1.807) is 36.7 Å². The summed E-state index contributed by atoms with van der Waals surface area (Å²) in [5, 5.41) is 0. The number of nitrogens with zero attached hydrogens (tertiary/aromatic N) is 5. The van der Waals surface area contributed by atoms with Crippen LogP contribution in [0.2, 0.25) is 0 Å². The summed E-state index contributed by atoms with van der Waals surface area (Å²) in [5.41, 5.74) is 1.13. The number of anilines is 1. The standard InChI is InChI=1S/C33H47N5O8/c1-33(2,3)46-29(39)9-6-15-42-17-19-44-21-22-45-20-18-43-16-14-36-10-12-37(13-11-36)32-34-23-26(24-35-32)25-38-30(40)27-7-4-5-8-28(27)31(38)41/h4-5,7-8,23-24H,6,9-22,25H2,1-3H3. The average Bonchev–Trinajstić information content (AvgIpc) is 3.27. The van der Waals surface area contributed by atoms with Gasteiger partial charge in [0, 0.05) is 63.7 Å². The van der Waals surface area contributed by atoms with E-state index in [2.05, 4.69) is 19.8 Å². The average molecular weight is 642 g/mol. The van der Waals surface area contributed by atoms with Crippen LogP contribution in [-0.4, -0.2) is 129 Å². The van der Waals surface area contributed by atoms with Gasteiger partial charge in [-0.25, -0.2) is 9.97 Å². The molecule has 46 heavy (non-hydrogen) atoms. The number of fused-ring (bicyclic) bond motifs is 1. The van der Waals surface area contributed by atoms with Gasteiger partial charge in [-0.1, -0.05) is 12.1 Å². The summed E-state index contributed by atoms with van der Waals surface area (Å²) in [6.45, 7) is 14.0. The fourth-order valence-corrected chi connectivity index (χ4v) is 5.00. The molecule has 0 atom stereocenters. The fourth-order valence-electron chi connectivity index (χ4n) is 5.00. The Morgan fingerprint density at radius 3 is 1.83 bits per heavy atom. The summed E-state index contributed by atoms with van der Waals surface area (Å²) in [6.07, 6.45) is 4.36. The maximum absolute atomic E-state index is 12.6. The smallest absolute Gasteiger partial charge is 0.306 e. The number of esters is 1. The Balaban J connectivity index is 0.961. The summed E-state index contributed by atoms with van der Waals surface area (Å²) in [6, 6.07) is 6.87. The van der Waals surface area contributed by atoms with E-state index in [4.69, 9.17) is 23.7 Å². The zero-order valence-corrected chi connectivity index (χ0v) is 27.3. The highest BCUT2D eigenvalue weighted by molar-refractivity contribution is 6.21. The molecular formula is C33H47N5O8. The molecule has 0 N–H and O–H groups in total. The zero-order chi connectivity index (χ0) is 32.8. The number of aromatic nitrogens is 2. The molecule has 0 radical (unpaired) electrons. The van der Waals surface area contributed by atoms with Crippen LogP contribution in [-0.2, 0) is 35.0 Å². The molecule has 1 saturated heterocycles. The van der Waals surface area contributed by atoms with Crippen molar-refractivity contribution >= 4 is 23.7 Å². The molecular weight excluding hydrogens is 594 g/mol. The summed E-state index contributed by atoms with van der Waals surface area (Å²) < 4.78 is 27.5. The fraction of sp³-hybridized carbons (Fsp3) is 0.606. The van der Waals surface area contributed by atoms with Gasteiger partial charge in [0.2, 0.25) is 5.95 Å². The molecule has 1 aromatic heterocycles. The summed E-state index contributed by atoms with van der Waals surface area (Å²) in [4.78, 5) is 51.6. The molecule has 13 heteroatoms.